The van der Waals surface area contributed by atoms with Gasteiger partial charge in [0.15, 0.2) is 5.82 Å². The molecule has 0 saturated heterocycles. The zero-order chi connectivity index (χ0) is 22.7. The summed E-state index contributed by atoms with van der Waals surface area (Å²) in [5, 5.41) is 7.51. The van der Waals surface area contributed by atoms with Crippen LogP contribution >= 0.6 is 0 Å². The molecule has 32 heavy (non-hydrogen) atoms. The Kier molecular flexibility index (Phi) is 5.96. The van der Waals surface area contributed by atoms with Crippen molar-refractivity contribution >= 4 is 21.7 Å². The van der Waals surface area contributed by atoms with Crippen LogP contribution in [-0.4, -0.2) is 36.7 Å². The van der Waals surface area contributed by atoms with Gasteiger partial charge in [-0.1, -0.05) is 60.2 Å². The second-order valence-electron chi connectivity index (χ2n) is 7.70. The Bertz CT molecular complexity index is 1300. The molecule has 0 aliphatic carbocycles. The van der Waals surface area contributed by atoms with E-state index in [-0.39, 0.29) is 10.8 Å². The Labute approximate surface area is 188 Å². The highest BCUT2D eigenvalue weighted by Gasteiger charge is 2.24. The summed E-state index contributed by atoms with van der Waals surface area (Å²) in [4.78, 5) is 6.69. The minimum atomic E-state index is -3.91. The molecule has 0 aliphatic heterocycles. The second-order valence-corrected chi connectivity index (χ2v) is 9.47. The Hall–Kier alpha value is -3.65. The van der Waals surface area contributed by atoms with Crippen molar-refractivity contribution in [2.45, 2.75) is 18.4 Å². The van der Waals surface area contributed by atoms with Gasteiger partial charge in [0.05, 0.1) is 4.90 Å². The molecule has 4 rings (SSSR count). The molecule has 8 heteroatoms. The van der Waals surface area contributed by atoms with Gasteiger partial charge >= 0.3 is 0 Å². The zero-order valence-electron chi connectivity index (χ0n) is 18.2. The topological polar surface area (TPSA) is 80.1 Å². The number of aromatic nitrogens is 3. The summed E-state index contributed by atoms with van der Waals surface area (Å²) in [6.07, 6.45) is 0. The molecule has 0 saturated carbocycles. The van der Waals surface area contributed by atoms with Gasteiger partial charge in [0.25, 0.3) is 10.0 Å². The van der Waals surface area contributed by atoms with E-state index in [2.05, 4.69) is 15.4 Å². The third-order valence-electron chi connectivity index (χ3n) is 5.06. The number of nitrogens with one attached hydrogen (secondary N) is 1. The summed E-state index contributed by atoms with van der Waals surface area (Å²) < 4.78 is 27.6. The van der Waals surface area contributed by atoms with Crippen LogP contribution in [0.4, 0.5) is 11.6 Å². The number of nitrogens with zero attached hydrogens (tertiary/aromatic N) is 4. The van der Waals surface area contributed by atoms with E-state index in [4.69, 9.17) is 0 Å². The molecule has 3 aromatic carbocycles. The van der Waals surface area contributed by atoms with Gasteiger partial charge in [-0.2, -0.15) is 13.4 Å². The van der Waals surface area contributed by atoms with E-state index in [0.717, 1.165) is 26.5 Å². The van der Waals surface area contributed by atoms with Gasteiger partial charge in [0.1, 0.15) is 0 Å². The van der Waals surface area contributed by atoms with Crippen LogP contribution in [0.1, 0.15) is 11.1 Å². The first-order valence-electron chi connectivity index (χ1n) is 10.2. The Morgan fingerprint density at radius 3 is 2.19 bits per heavy atom. The third-order valence-corrected chi connectivity index (χ3v) is 6.64. The van der Waals surface area contributed by atoms with Crippen molar-refractivity contribution in [3.05, 3.63) is 90.0 Å². The summed E-state index contributed by atoms with van der Waals surface area (Å²) in [6.45, 7) is 2.40. The quantitative estimate of drug-likeness (QED) is 0.458. The molecule has 7 nitrogen and oxygen atoms in total. The normalized spacial score (nSPS) is 11.3. The molecule has 0 amide bonds. The SMILES string of the molecule is Cc1ccc(-c2nc(NCc3ccc(N(C)C)cc3)n(S(=O)(=O)c3ccccc3)n2)cc1. The smallest absolute Gasteiger partial charge is 0.286 e. The lowest BCUT2D eigenvalue weighted by Crippen LogP contribution is -2.18. The van der Waals surface area contributed by atoms with Gasteiger partial charge in [0, 0.05) is 31.9 Å². The van der Waals surface area contributed by atoms with E-state index in [1.807, 2.05) is 74.4 Å². The van der Waals surface area contributed by atoms with E-state index < -0.39 is 10.0 Å². The zero-order valence-corrected chi connectivity index (χ0v) is 19.0. The Balaban J connectivity index is 1.70. The Morgan fingerprint density at radius 2 is 1.56 bits per heavy atom. The van der Waals surface area contributed by atoms with Crippen LogP contribution in [0.5, 0.6) is 0 Å². The average molecular weight is 448 g/mol. The van der Waals surface area contributed by atoms with Gasteiger partial charge in [-0.05, 0) is 36.8 Å². The number of hydrogen-bond donors (Lipinski definition) is 1. The maximum Gasteiger partial charge on any atom is 0.286 e. The van der Waals surface area contributed by atoms with Crippen molar-refractivity contribution < 1.29 is 8.42 Å². The number of hydrogen-bond acceptors (Lipinski definition) is 6. The molecule has 1 N–H and O–H groups in total. The van der Waals surface area contributed by atoms with E-state index in [1.165, 1.54) is 0 Å². The fourth-order valence-corrected chi connectivity index (χ4v) is 4.40. The number of aryl methyl sites for hydroxylation is 1. The molecule has 0 fully saturated rings. The molecule has 0 bridgehead atoms. The molecule has 0 aliphatic rings. The van der Waals surface area contributed by atoms with Crippen LogP contribution in [0, 0.1) is 6.92 Å². The summed E-state index contributed by atoms with van der Waals surface area (Å²) in [6, 6.07) is 23.9. The lowest BCUT2D eigenvalue weighted by atomic mass is 10.1. The van der Waals surface area contributed by atoms with E-state index in [1.54, 1.807) is 30.3 Å². The summed E-state index contributed by atoms with van der Waals surface area (Å²) in [5.74, 6) is 0.510. The first-order chi connectivity index (χ1) is 15.3. The molecule has 0 unspecified atom stereocenters. The molecule has 1 heterocycles. The molecule has 164 valence electrons. The number of anilines is 2. The molecular weight excluding hydrogens is 422 g/mol. The maximum atomic E-state index is 13.3. The van der Waals surface area contributed by atoms with Gasteiger partial charge in [-0.25, -0.2) is 0 Å². The first kappa shape index (κ1) is 21.6. The predicted molar refractivity (Wildman–Crippen MR) is 127 cm³/mol. The van der Waals surface area contributed by atoms with Crippen molar-refractivity contribution in [3.8, 4) is 11.4 Å². The lowest BCUT2D eigenvalue weighted by Gasteiger charge is -2.13. The van der Waals surface area contributed by atoms with Crippen LogP contribution in [-0.2, 0) is 16.6 Å². The average Bonchev–Trinajstić information content (AvgIpc) is 3.24. The van der Waals surface area contributed by atoms with Crippen molar-refractivity contribution in [1.29, 1.82) is 0 Å². The second kappa shape index (κ2) is 8.84. The van der Waals surface area contributed by atoms with Gasteiger partial charge in [0.2, 0.25) is 5.95 Å². The molecule has 0 atom stereocenters. The van der Waals surface area contributed by atoms with Gasteiger partial charge in [-0.3, -0.25) is 0 Å². The monoisotopic (exact) mass is 447 g/mol. The van der Waals surface area contributed by atoms with Crippen molar-refractivity contribution in [2.75, 3.05) is 24.3 Å². The third kappa shape index (κ3) is 4.50. The van der Waals surface area contributed by atoms with Gasteiger partial charge in [-0.15, -0.1) is 9.19 Å². The molecule has 0 spiro atoms. The predicted octanol–water partition coefficient (Wildman–Crippen LogP) is 4.17. The minimum Gasteiger partial charge on any atom is -0.378 e. The fraction of sp³-hybridized carbons (Fsp3) is 0.167. The largest absolute Gasteiger partial charge is 0.378 e. The van der Waals surface area contributed by atoms with Crippen LogP contribution in [0.15, 0.2) is 83.8 Å². The van der Waals surface area contributed by atoms with Crippen LogP contribution in [0.3, 0.4) is 0 Å². The summed E-state index contributed by atoms with van der Waals surface area (Å²) >= 11 is 0. The standard InChI is InChI=1S/C24H25N5O2S/c1-18-9-13-20(14-10-18)23-26-24(25-17-19-11-15-21(16-12-19)28(2)3)29(27-23)32(30,31)22-7-5-4-6-8-22/h4-16H,17H2,1-3H3,(H,25,26,27). The number of benzene rings is 3. The number of rotatable bonds is 7. The van der Waals surface area contributed by atoms with Gasteiger partial charge < -0.3 is 10.2 Å². The highest BCUT2D eigenvalue weighted by Crippen LogP contribution is 2.23. The van der Waals surface area contributed by atoms with Crippen LogP contribution in [0.25, 0.3) is 11.4 Å². The van der Waals surface area contributed by atoms with Crippen molar-refractivity contribution in [3.63, 3.8) is 0 Å². The van der Waals surface area contributed by atoms with E-state index in [9.17, 15) is 8.42 Å². The van der Waals surface area contributed by atoms with Crippen LogP contribution < -0.4 is 10.2 Å². The van der Waals surface area contributed by atoms with Crippen LogP contribution in [0.2, 0.25) is 0 Å². The maximum absolute atomic E-state index is 13.3. The Morgan fingerprint density at radius 1 is 0.906 bits per heavy atom. The fourth-order valence-electron chi connectivity index (χ4n) is 3.18. The highest BCUT2D eigenvalue weighted by molar-refractivity contribution is 7.90. The van der Waals surface area contributed by atoms with Crippen molar-refractivity contribution in [1.82, 2.24) is 14.2 Å². The summed E-state index contributed by atoms with van der Waals surface area (Å²) in [5.41, 5.74) is 3.94. The van der Waals surface area contributed by atoms with Crippen molar-refractivity contribution in [2.24, 2.45) is 0 Å². The molecule has 0 radical (unpaired) electrons. The molecule has 4 aromatic rings. The minimum absolute atomic E-state index is 0.152. The lowest BCUT2D eigenvalue weighted by molar-refractivity contribution is 0.580. The van der Waals surface area contributed by atoms with E-state index >= 15 is 0 Å². The molecule has 1 aromatic heterocycles. The van der Waals surface area contributed by atoms with E-state index in [0.29, 0.717) is 12.4 Å². The summed E-state index contributed by atoms with van der Waals surface area (Å²) in [7, 11) is 0.0524. The highest BCUT2D eigenvalue weighted by atomic mass is 32.2. The molecular formula is C24H25N5O2S. The first-order valence-corrected chi connectivity index (χ1v) is 11.6.